The Morgan fingerprint density at radius 2 is 2.00 bits per heavy atom. The highest BCUT2D eigenvalue weighted by molar-refractivity contribution is 14.1. The van der Waals surface area contributed by atoms with Gasteiger partial charge < -0.3 is 5.32 Å². The minimum Gasteiger partial charge on any atom is -0.322 e. The highest BCUT2D eigenvalue weighted by Gasteiger charge is 2.12. The van der Waals surface area contributed by atoms with Gasteiger partial charge in [-0.3, -0.25) is 4.79 Å². The van der Waals surface area contributed by atoms with E-state index in [4.69, 9.17) is 0 Å². The number of para-hydroxylation sites is 1. The molecular weight excluding hydrogens is 417 g/mol. The van der Waals surface area contributed by atoms with Gasteiger partial charge in [-0.15, -0.1) is 0 Å². The monoisotopic (exact) mass is 429 g/mol. The standard InChI is InChI=1S/C15H13BrINO/c1-2-10-5-3-4-6-14(10)18-15(19)12-9-11(16)7-8-13(12)17/h3-9H,2H2,1H3,(H,18,19). The summed E-state index contributed by atoms with van der Waals surface area (Å²) >= 11 is 5.57. The third-order valence-electron chi connectivity index (χ3n) is 2.82. The van der Waals surface area contributed by atoms with Gasteiger partial charge in [-0.2, -0.15) is 0 Å². The quantitative estimate of drug-likeness (QED) is 0.693. The molecule has 0 saturated carbocycles. The van der Waals surface area contributed by atoms with Gasteiger partial charge in [0.25, 0.3) is 5.91 Å². The van der Waals surface area contributed by atoms with E-state index in [1.165, 1.54) is 0 Å². The molecule has 4 heteroatoms. The Hall–Kier alpha value is -0.880. The van der Waals surface area contributed by atoms with Crippen molar-refractivity contribution in [1.29, 1.82) is 0 Å². The van der Waals surface area contributed by atoms with Gasteiger partial charge in [0, 0.05) is 13.7 Å². The Labute approximate surface area is 134 Å². The summed E-state index contributed by atoms with van der Waals surface area (Å²) in [6.07, 6.45) is 0.895. The summed E-state index contributed by atoms with van der Waals surface area (Å²) in [6.45, 7) is 2.08. The molecule has 0 saturated heterocycles. The first-order chi connectivity index (χ1) is 9.11. The van der Waals surface area contributed by atoms with Crippen LogP contribution in [0.3, 0.4) is 0 Å². The second-order valence-corrected chi connectivity index (χ2v) is 6.17. The maximum Gasteiger partial charge on any atom is 0.256 e. The van der Waals surface area contributed by atoms with Gasteiger partial charge in [-0.1, -0.05) is 41.1 Å². The Balaban J connectivity index is 2.28. The molecule has 0 atom stereocenters. The number of anilines is 1. The van der Waals surface area contributed by atoms with E-state index in [1.54, 1.807) is 0 Å². The number of nitrogens with one attached hydrogen (secondary N) is 1. The number of rotatable bonds is 3. The predicted molar refractivity (Wildman–Crippen MR) is 90.6 cm³/mol. The average molecular weight is 430 g/mol. The summed E-state index contributed by atoms with van der Waals surface area (Å²) in [5, 5.41) is 2.98. The number of hydrogen-bond donors (Lipinski definition) is 1. The molecule has 0 fully saturated rings. The van der Waals surface area contributed by atoms with Gasteiger partial charge in [0.1, 0.15) is 0 Å². The molecule has 2 aromatic rings. The van der Waals surface area contributed by atoms with Crippen molar-refractivity contribution in [3.63, 3.8) is 0 Å². The number of hydrogen-bond acceptors (Lipinski definition) is 1. The second-order valence-electron chi connectivity index (χ2n) is 4.09. The minimum absolute atomic E-state index is 0.0772. The van der Waals surface area contributed by atoms with Crippen molar-refractivity contribution < 1.29 is 4.79 Å². The Morgan fingerprint density at radius 3 is 2.74 bits per heavy atom. The minimum atomic E-state index is -0.0772. The Kier molecular flexibility index (Phi) is 4.99. The first-order valence-corrected chi connectivity index (χ1v) is 7.83. The van der Waals surface area contributed by atoms with Gasteiger partial charge in [-0.05, 0) is 58.8 Å². The van der Waals surface area contributed by atoms with Gasteiger partial charge in [-0.25, -0.2) is 0 Å². The molecule has 0 spiro atoms. The number of aryl methyl sites for hydroxylation is 1. The van der Waals surface area contributed by atoms with Crippen molar-refractivity contribution in [2.45, 2.75) is 13.3 Å². The van der Waals surface area contributed by atoms with Crippen LogP contribution < -0.4 is 5.32 Å². The van der Waals surface area contributed by atoms with Crippen molar-refractivity contribution in [2.75, 3.05) is 5.32 Å². The summed E-state index contributed by atoms with van der Waals surface area (Å²) in [4.78, 5) is 12.3. The fraction of sp³-hybridized carbons (Fsp3) is 0.133. The third-order valence-corrected chi connectivity index (χ3v) is 4.25. The largest absolute Gasteiger partial charge is 0.322 e. The van der Waals surface area contributed by atoms with Gasteiger partial charge >= 0.3 is 0 Å². The summed E-state index contributed by atoms with van der Waals surface area (Å²) in [5.41, 5.74) is 2.70. The smallest absolute Gasteiger partial charge is 0.256 e. The van der Waals surface area contributed by atoms with Crippen LogP contribution in [0.25, 0.3) is 0 Å². The summed E-state index contributed by atoms with van der Waals surface area (Å²) in [7, 11) is 0. The molecule has 0 radical (unpaired) electrons. The summed E-state index contributed by atoms with van der Waals surface area (Å²) < 4.78 is 1.84. The Bertz CT molecular complexity index is 613. The number of halogens is 2. The van der Waals surface area contributed by atoms with Crippen LogP contribution in [0.4, 0.5) is 5.69 Å². The van der Waals surface area contributed by atoms with E-state index >= 15 is 0 Å². The van der Waals surface area contributed by atoms with Crippen molar-refractivity contribution in [2.24, 2.45) is 0 Å². The van der Waals surface area contributed by atoms with Crippen LogP contribution >= 0.6 is 38.5 Å². The van der Waals surface area contributed by atoms with Crippen LogP contribution in [0, 0.1) is 3.57 Å². The molecule has 1 N–H and O–H groups in total. The molecule has 0 bridgehead atoms. The van der Waals surface area contributed by atoms with E-state index in [1.807, 2.05) is 42.5 Å². The van der Waals surface area contributed by atoms with Gasteiger partial charge in [0.05, 0.1) is 5.56 Å². The fourth-order valence-electron chi connectivity index (χ4n) is 1.81. The van der Waals surface area contributed by atoms with Gasteiger partial charge in [0.2, 0.25) is 0 Å². The van der Waals surface area contributed by atoms with Crippen LogP contribution in [0.1, 0.15) is 22.8 Å². The molecule has 98 valence electrons. The molecular formula is C15H13BrINO. The van der Waals surface area contributed by atoms with E-state index in [-0.39, 0.29) is 5.91 Å². The number of carbonyl (C=O) groups excluding carboxylic acids is 1. The summed E-state index contributed by atoms with van der Waals surface area (Å²) in [5.74, 6) is -0.0772. The zero-order chi connectivity index (χ0) is 13.8. The van der Waals surface area contributed by atoms with Crippen molar-refractivity contribution in [3.05, 3.63) is 61.6 Å². The predicted octanol–water partition coefficient (Wildman–Crippen LogP) is 4.87. The molecule has 0 aliphatic heterocycles. The topological polar surface area (TPSA) is 29.1 Å². The van der Waals surface area contributed by atoms with Crippen LogP contribution in [0.2, 0.25) is 0 Å². The Morgan fingerprint density at radius 1 is 1.26 bits per heavy atom. The molecule has 2 rings (SSSR count). The number of benzene rings is 2. The van der Waals surface area contributed by atoms with Crippen molar-refractivity contribution >= 4 is 50.1 Å². The lowest BCUT2D eigenvalue weighted by Gasteiger charge is -2.10. The van der Waals surface area contributed by atoms with Crippen LogP contribution in [-0.4, -0.2) is 5.91 Å². The van der Waals surface area contributed by atoms with E-state index in [0.717, 1.165) is 25.7 Å². The lowest BCUT2D eigenvalue weighted by Crippen LogP contribution is -2.14. The second kappa shape index (κ2) is 6.52. The zero-order valence-corrected chi connectivity index (χ0v) is 14.2. The molecule has 0 aliphatic carbocycles. The zero-order valence-electron chi connectivity index (χ0n) is 10.4. The SMILES string of the molecule is CCc1ccccc1NC(=O)c1cc(Br)ccc1I. The lowest BCUT2D eigenvalue weighted by atomic mass is 10.1. The van der Waals surface area contributed by atoms with Crippen LogP contribution in [-0.2, 0) is 6.42 Å². The van der Waals surface area contributed by atoms with Crippen LogP contribution in [0.5, 0.6) is 0 Å². The van der Waals surface area contributed by atoms with Gasteiger partial charge in [0.15, 0.2) is 0 Å². The number of amides is 1. The normalized spacial score (nSPS) is 10.3. The van der Waals surface area contributed by atoms with Crippen LogP contribution in [0.15, 0.2) is 46.9 Å². The average Bonchev–Trinajstić information content (AvgIpc) is 2.42. The molecule has 2 nitrogen and oxygen atoms in total. The highest BCUT2D eigenvalue weighted by atomic mass is 127. The molecule has 1 amide bonds. The summed E-state index contributed by atoms with van der Waals surface area (Å²) in [6, 6.07) is 13.6. The lowest BCUT2D eigenvalue weighted by molar-refractivity contribution is 0.102. The van der Waals surface area contributed by atoms with E-state index in [2.05, 4.69) is 50.8 Å². The first-order valence-electron chi connectivity index (χ1n) is 5.96. The third kappa shape index (κ3) is 3.57. The van der Waals surface area contributed by atoms with E-state index < -0.39 is 0 Å². The maximum atomic E-state index is 12.3. The molecule has 0 heterocycles. The first kappa shape index (κ1) is 14.5. The van der Waals surface area contributed by atoms with Crippen molar-refractivity contribution in [1.82, 2.24) is 0 Å². The fourth-order valence-corrected chi connectivity index (χ4v) is 2.75. The molecule has 0 aromatic heterocycles. The maximum absolute atomic E-state index is 12.3. The number of carbonyl (C=O) groups is 1. The van der Waals surface area contributed by atoms with E-state index in [0.29, 0.717) is 5.56 Å². The highest BCUT2D eigenvalue weighted by Crippen LogP contribution is 2.21. The molecule has 0 aliphatic rings. The van der Waals surface area contributed by atoms with Crippen molar-refractivity contribution in [3.8, 4) is 0 Å². The molecule has 0 unspecified atom stereocenters. The molecule has 2 aromatic carbocycles. The van der Waals surface area contributed by atoms with E-state index in [9.17, 15) is 4.79 Å². The molecule has 19 heavy (non-hydrogen) atoms.